The van der Waals surface area contributed by atoms with Crippen molar-refractivity contribution >= 4 is 12.1 Å². The van der Waals surface area contributed by atoms with E-state index in [-0.39, 0.29) is 18.0 Å². The molecule has 2 aromatic carbocycles. The van der Waals surface area contributed by atoms with Gasteiger partial charge in [0.2, 0.25) is 0 Å². The van der Waals surface area contributed by atoms with Crippen molar-refractivity contribution in [3.05, 3.63) is 47.5 Å². The minimum Gasteiger partial charge on any atom is -0.493 e. The molecule has 2 fully saturated rings. The Morgan fingerprint density at radius 2 is 1.59 bits per heavy atom. The summed E-state index contributed by atoms with van der Waals surface area (Å²) in [4.78, 5) is 25.3. The zero-order valence-corrected chi connectivity index (χ0v) is 20.3. The first-order valence-electron chi connectivity index (χ1n) is 11.4. The average Bonchev–Trinajstić information content (AvgIpc) is 3.53. The van der Waals surface area contributed by atoms with Gasteiger partial charge in [0, 0.05) is 13.1 Å². The molecule has 0 aromatic heterocycles. The second kappa shape index (κ2) is 12.2. The topological polar surface area (TPSA) is 83.5 Å². The average molecular weight is 472 g/mol. The Hall–Kier alpha value is -3.42. The third kappa shape index (κ3) is 6.56. The molecule has 0 spiro atoms. The molecule has 1 unspecified atom stereocenters. The van der Waals surface area contributed by atoms with Gasteiger partial charge >= 0.3 is 12.1 Å². The summed E-state index contributed by atoms with van der Waals surface area (Å²) in [6.45, 7) is 3.99. The summed E-state index contributed by atoms with van der Waals surface area (Å²) >= 11 is 0. The zero-order chi connectivity index (χ0) is 24.5. The van der Waals surface area contributed by atoms with Gasteiger partial charge in [-0.1, -0.05) is 12.1 Å². The molecule has 0 N–H and O–H groups in total. The molecule has 2 aromatic rings. The van der Waals surface area contributed by atoms with E-state index in [2.05, 4.69) is 0 Å². The minimum atomic E-state index is -0.340. The number of ether oxygens (including phenoxy) is 5. The molecule has 2 heterocycles. The lowest BCUT2D eigenvalue weighted by molar-refractivity contribution is -0.141. The molecule has 1 amide bonds. The summed E-state index contributed by atoms with van der Waals surface area (Å²) in [6.07, 6.45) is 3.04. The van der Waals surface area contributed by atoms with Crippen LogP contribution >= 0.6 is 0 Å². The fraction of sp³-hybridized carbons (Fsp3) is 0.462. The first-order valence-corrected chi connectivity index (χ1v) is 11.4. The van der Waals surface area contributed by atoms with Gasteiger partial charge in [0.25, 0.3) is 0 Å². The van der Waals surface area contributed by atoms with Crippen LogP contribution in [0.5, 0.6) is 23.0 Å². The number of hydrogen-bond acceptors (Lipinski definition) is 7. The number of carbonyl (C=O) groups is 2. The maximum Gasteiger partial charge on any atom is 0.415 e. The summed E-state index contributed by atoms with van der Waals surface area (Å²) in [5.74, 6) is 2.22. The van der Waals surface area contributed by atoms with Crippen LogP contribution in [0.3, 0.4) is 0 Å². The maximum absolute atomic E-state index is 12.1. The Morgan fingerprint density at radius 3 is 2.21 bits per heavy atom. The monoisotopic (exact) mass is 471 g/mol. The number of nitrogens with zero attached hydrogens (tertiary/aromatic N) is 1. The molecule has 184 valence electrons. The first kappa shape index (κ1) is 25.2. The van der Waals surface area contributed by atoms with Crippen molar-refractivity contribution in [3.63, 3.8) is 0 Å². The largest absolute Gasteiger partial charge is 0.493 e. The number of esters is 1. The van der Waals surface area contributed by atoms with Crippen molar-refractivity contribution in [2.24, 2.45) is 5.92 Å². The number of rotatable bonds is 6. The zero-order valence-electron chi connectivity index (χ0n) is 20.3. The minimum absolute atomic E-state index is 0.0993. The van der Waals surface area contributed by atoms with E-state index in [0.29, 0.717) is 24.5 Å². The Bertz CT molecular complexity index is 985. The van der Waals surface area contributed by atoms with E-state index in [4.69, 9.17) is 23.7 Å². The maximum atomic E-state index is 12.1. The molecule has 2 aliphatic heterocycles. The second-order valence-corrected chi connectivity index (χ2v) is 8.26. The molecule has 34 heavy (non-hydrogen) atoms. The van der Waals surface area contributed by atoms with Crippen LogP contribution in [0.1, 0.15) is 30.4 Å². The number of likely N-dealkylation sites (tertiary alicyclic amines) is 1. The van der Waals surface area contributed by atoms with Crippen LogP contribution in [0.15, 0.2) is 36.4 Å². The molecule has 2 aliphatic rings. The van der Waals surface area contributed by atoms with E-state index in [9.17, 15) is 9.59 Å². The van der Waals surface area contributed by atoms with E-state index < -0.39 is 0 Å². The lowest BCUT2D eigenvalue weighted by Crippen LogP contribution is -2.30. The highest BCUT2D eigenvalue weighted by atomic mass is 16.6. The summed E-state index contributed by atoms with van der Waals surface area (Å²) in [5, 5.41) is 0. The van der Waals surface area contributed by atoms with Crippen LogP contribution in [-0.2, 0) is 16.0 Å². The van der Waals surface area contributed by atoms with Gasteiger partial charge in [0.05, 0.1) is 33.9 Å². The van der Waals surface area contributed by atoms with Crippen LogP contribution in [-0.4, -0.2) is 58.0 Å². The van der Waals surface area contributed by atoms with E-state index in [1.54, 1.807) is 25.2 Å². The lowest BCUT2D eigenvalue weighted by atomic mass is 9.98. The normalized spacial score (nSPS) is 16.9. The fourth-order valence-corrected chi connectivity index (χ4v) is 3.93. The molecule has 0 radical (unpaired) electrons. The number of methoxy groups -OCH3 is 3. The number of amides is 1. The molecule has 4 rings (SSSR count). The van der Waals surface area contributed by atoms with Gasteiger partial charge < -0.3 is 28.6 Å². The van der Waals surface area contributed by atoms with Gasteiger partial charge in [-0.2, -0.15) is 0 Å². The quantitative estimate of drug-likeness (QED) is 0.577. The highest BCUT2D eigenvalue weighted by Gasteiger charge is 2.27. The van der Waals surface area contributed by atoms with Gasteiger partial charge in [0.15, 0.2) is 23.0 Å². The molecule has 8 heteroatoms. The number of carbonyl (C=O) groups excluding carboxylic acids is 2. The van der Waals surface area contributed by atoms with E-state index >= 15 is 0 Å². The third-order valence-corrected chi connectivity index (χ3v) is 5.85. The van der Waals surface area contributed by atoms with Crippen molar-refractivity contribution in [1.82, 2.24) is 4.90 Å². The predicted octanol–water partition coefficient (Wildman–Crippen LogP) is 4.41. The second-order valence-electron chi connectivity index (χ2n) is 8.26. The molecule has 1 atom stereocenters. The standard InChI is InChI=1S/C17H21NO5.C9H12O2/c1-21-15-11-12(10-13-6-9-22-16(13)19)4-5-14(15)23-17(20)18-7-2-3-8-18;1-7-4-5-8(10-2)9(6-7)11-3/h4-5,11,13H,2-3,6-10H2,1H3;4-6H,1-3H3. The molecular weight excluding hydrogens is 438 g/mol. The SMILES string of the molecule is COc1cc(CC2CCOC2=O)ccc1OC(=O)N1CCCC1.COc1ccc(C)cc1OC. The number of benzene rings is 2. The first-order chi connectivity index (χ1) is 16.4. The van der Waals surface area contributed by atoms with E-state index in [1.807, 2.05) is 37.3 Å². The Balaban J connectivity index is 0.000000248. The van der Waals surface area contributed by atoms with Crippen molar-refractivity contribution in [2.45, 2.75) is 32.6 Å². The summed E-state index contributed by atoms with van der Waals surface area (Å²) in [7, 11) is 4.81. The van der Waals surface area contributed by atoms with Crippen molar-refractivity contribution in [2.75, 3.05) is 41.0 Å². The predicted molar refractivity (Wildman–Crippen MR) is 127 cm³/mol. The Labute approximate surface area is 200 Å². The van der Waals surface area contributed by atoms with Crippen LogP contribution in [0.2, 0.25) is 0 Å². The number of cyclic esters (lactones) is 1. The Kier molecular flexibility index (Phi) is 9.01. The van der Waals surface area contributed by atoms with Crippen molar-refractivity contribution in [3.8, 4) is 23.0 Å². The molecule has 0 saturated carbocycles. The fourth-order valence-electron chi connectivity index (χ4n) is 3.93. The molecule has 0 bridgehead atoms. The molecule has 2 saturated heterocycles. The molecule has 0 aliphatic carbocycles. The van der Waals surface area contributed by atoms with Gasteiger partial charge in [-0.05, 0) is 68.0 Å². The summed E-state index contributed by atoms with van der Waals surface area (Å²) < 4.78 is 25.9. The van der Waals surface area contributed by atoms with Crippen LogP contribution in [0, 0.1) is 12.8 Å². The number of hydrogen-bond donors (Lipinski definition) is 0. The van der Waals surface area contributed by atoms with Gasteiger partial charge in [-0.3, -0.25) is 4.79 Å². The third-order valence-electron chi connectivity index (χ3n) is 5.85. The number of aryl methyl sites for hydroxylation is 1. The molecule has 8 nitrogen and oxygen atoms in total. The van der Waals surface area contributed by atoms with Crippen LogP contribution in [0.25, 0.3) is 0 Å². The molecular formula is C26H33NO7. The van der Waals surface area contributed by atoms with Crippen LogP contribution < -0.4 is 18.9 Å². The van der Waals surface area contributed by atoms with Crippen molar-refractivity contribution < 1.29 is 33.3 Å². The lowest BCUT2D eigenvalue weighted by Gasteiger charge is -2.17. The summed E-state index contributed by atoms with van der Waals surface area (Å²) in [6, 6.07) is 11.2. The highest BCUT2D eigenvalue weighted by molar-refractivity contribution is 5.74. The van der Waals surface area contributed by atoms with E-state index in [1.165, 1.54) is 12.7 Å². The van der Waals surface area contributed by atoms with Crippen LogP contribution in [0.4, 0.5) is 4.79 Å². The van der Waals surface area contributed by atoms with Gasteiger partial charge in [0.1, 0.15) is 0 Å². The van der Waals surface area contributed by atoms with Gasteiger partial charge in [-0.15, -0.1) is 0 Å². The van der Waals surface area contributed by atoms with Crippen molar-refractivity contribution in [1.29, 1.82) is 0 Å². The Morgan fingerprint density at radius 1 is 0.941 bits per heavy atom. The highest BCUT2D eigenvalue weighted by Crippen LogP contribution is 2.31. The smallest absolute Gasteiger partial charge is 0.415 e. The van der Waals surface area contributed by atoms with E-state index in [0.717, 1.165) is 49.4 Å². The summed E-state index contributed by atoms with van der Waals surface area (Å²) in [5.41, 5.74) is 2.13. The van der Waals surface area contributed by atoms with Gasteiger partial charge in [-0.25, -0.2) is 4.79 Å².